The van der Waals surface area contributed by atoms with Crippen LogP contribution in [0.4, 0.5) is 4.39 Å². The van der Waals surface area contributed by atoms with Crippen LogP contribution in [0.3, 0.4) is 0 Å². The van der Waals surface area contributed by atoms with Crippen molar-refractivity contribution >= 4 is 5.91 Å². The first-order valence-corrected chi connectivity index (χ1v) is 10.6. The lowest BCUT2D eigenvalue weighted by Crippen LogP contribution is -2.43. The number of rotatable bonds is 9. The van der Waals surface area contributed by atoms with Crippen LogP contribution in [0.1, 0.15) is 35.8 Å². The lowest BCUT2D eigenvalue weighted by Gasteiger charge is -2.35. The van der Waals surface area contributed by atoms with Crippen molar-refractivity contribution in [3.63, 3.8) is 0 Å². The average Bonchev–Trinajstić information content (AvgIpc) is 2.79. The normalized spacial score (nSPS) is 15.5. The van der Waals surface area contributed by atoms with Crippen LogP contribution in [-0.4, -0.2) is 57.4 Å². The Hall–Kier alpha value is -2.64. The SMILES string of the molecule is COc1cc(C(=O)NCC(c2ccc(F)cc2)N2CCOCC2)ccc1OCC(C)C. The van der Waals surface area contributed by atoms with Crippen molar-refractivity contribution in [3.8, 4) is 11.5 Å². The first-order chi connectivity index (χ1) is 15.0. The van der Waals surface area contributed by atoms with Gasteiger partial charge in [-0.05, 0) is 41.8 Å². The summed E-state index contributed by atoms with van der Waals surface area (Å²) in [7, 11) is 1.56. The Balaban J connectivity index is 1.70. The molecule has 31 heavy (non-hydrogen) atoms. The van der Waals surface area contributed by atoms with Crippen molar-refractivity contribution in [3.05, 3.63) is 59.4 Å². The van der Waals surface area contributed by atoms with Crippen molar-refractivity contribution in [2.75, 3.05) is 46.6 Å². The van der Waals surface area contributed by atoms with Crippen molar-refractivity contribution in [1.29, 1.82) is 0 Å². The third-order valence-corrected chi connectivity index (χ3v) is 5.20. The number of benzene rings is 2. The maximum Gasteiger partial charge on any atom is 0.251 e. The van der Waals surface area contributed by atoms with E-state index in [-0.39, 0.29) is 17.8 Å². The lowest BCUT2D eigenvalue weighted by molar-refractivity contribution is 0.0162. The molecule has 1 aliphatic rings. The van der Waals surface area contributed by atoms with Gasteiger partial charge >= 0.3 is 0 Å². The van der Waals surface area contributed by atoms with E-state index in [0.717, 1.165) is 18.7 Å². The van der Waals surface area contributed by atoms with Crippen molar-refractivity contribution in [2.45, 2.75) is 19.9 Å². The molecule has 2 aromatic carbocycles. The Morgan fingerprint density at radius 2 is 1.84 bits per heavy atom. The monoisotopic (exact) mass is 430 g/mol. The van der Waals surface area contributed by atoms with Crippen molar-refractivity contribution < 1.29 is 23.4 Å². The zero-order chi connectivity index (χ0) is 22.2. The van der Waals surface area contributed by atoms with E-state index in [1.165, 1.54) is 12.1 Å². The Morgan fingerprint density at radius 3 is 2.48 bits per heavy atom. The minimum atomic E-state index is -0.277. The molecule has 2 aromatic rings. The number of carbonyl (C=O) groups excluding carboxylic acids is 1. The summed E-state index contributed by atoms with van der Waals surface area (Å²) in [6.07, 6.45) is 0. The number of halogens is 1. The summed E-state index contributed by atoms with van der Waals surface area (Å²) in [6, 6.07) is 11.6. The molecule has 1 N–H and O–H groups in total. The van der Waals surface area contributed by atoms with Gasteiger partial charge in [-0.25, -0.2) is 4.39 Å². The molecule has 168 valence electrons. The topological polar surface area (TPSA) is 60.0 Å². The van der Waals surface area contributed by atoms with Crippen molar-refractivity contribution in [2.24, 2.45) is 5.92 Å². The molecule has 1 atom stereocenters. The van der Waals surface area contributed by atoms with E-state index in [0.29, 0.717) is 49.3 Å². The molecule has 0 saturated carbocycles. The summed E-state index contributed by atoms with van der Waals surface area (Å²) in [6.45, 7) is 7.91. The second-order valence-electron chi connectivity index (χ2n) is 8.00. The summed E-state index contributed by atoms with van der Waals surface area (Å²) in [5.41, 5.74) is 1.45. The van der Waals surface area contributed by atoms with E-state index in [1.54, 1.807) is 37.4 Å². The highest BCUT2D eigenvalue weighted by molar-refractivity contribution is 5.94. The molecule has 1 heterocycles. The van der Waals surface area contributed by atoms with Crippen LogP contribution in [0.5, 0.6) is 11.5 Å². The van der Waals surface area contributed by atoms with Gasteiger partial charge in [0.25, 0.3) is 5.91 Å². The van der Waals surface area contributed by atoms with Gasteiger partial charge in [-0.2, -0.15) is 0 Å². The van der Waals surface area contributed by atoms with E-state index >= 15 is 0 Å². The van der Waals surface area contributed by atoms with Crippen LogP contribution in [0.15, 0.2) is 42.5 Å². The molecule has 1 aliphatic heterocycles. The highest BCUT2D eigenvalue weighted by atomic mass is 19.1. The molecule has 1 amide bonds. The van der Waals surface area contributed by atoms with Gasteiger partial charge in [-0.3, -0.25) is 9.69 Å². The molecule has 3 rings (SSSR count). The largest absolute Gasteiger partial charge is 0.493 e. The summed E-state index contributed by atoms with van der Waals surface area (Å²) >= 11 is 0. The number of amides is 1. The van der Waals surface area contributed by atoms with Gasteiger partial charge in [-0.1, -0.05) is 26.0 Å². The first kappa shape index (κ1) is 23.0. The fourth-order valence-corrected chi connectivity index (χ4v) is 3.51. The minimum absolute atomic E-state index is 0.0657. The second kappa shape index (κ2) is 11.1. The maximum atomic E-state index is 13.4. The number of ether oxygens (including phenoxy) is 3. The number of nitrogens with zero attached hydrogens (tertiary/aromatic N) is 1. The number of hydrogen-bond acceptors (Lipinski definition) is 5. The molecule has 0 bridgehead atoms. The average molecular weight is 431 g/mol. The van der Waals surface area contributed by atoms with Gasteiger partial charge < -0.3 is 19.5 Å². The van der Waals surface area contributed by atoms with Crippen molar-refractivity contribution in [1.82, 2.24) is 10.2 Å². The third kappa shape index (κ3) is 6.42. The van der Waals surface area contributed by atoms with Gasteiger partial charge in [0, 0.05) is 25.2 Å². The highest BCUT2D eigenvalue weighted by Crippen LogP contribution is 2.29. The predicted octanol–water partition coefficient (Wildman–Crippen LogP) is 3.67. The van der Waals surface area contributed by atoms with E-state index in [2.05, 4.69) is 24.1 Å². The second-order valence-corrected chi connectivity index (χ2v) is 8.00. The standard InChI is InChI=1S/C24H31FN2O4/c1-17(2)16-31-22-9-6-19(14-23(22)29-3)24(28)26-15-21(27-10-12-30-13-11-27)18-4-7-20(25)8-5-18/h4-9,14,17,21H,10-13,15-16H2,1-3H3,(H,26,28). The van der Waals surface area contributed by atoms with Crippen LogP contribution in [-0.2, 0) is 4.74 Å². The molecule has 6 nitrogen and oxygen atoms in total. The summed E-state index contributed by atoms with van der Waals surface area (Å²) in [4.78, 5) is 15.1. The molecule has 0 spiro atoms. The van der Waals surface area contributed by atoms with Gasteiger partial charge in [0.15, 0.2) is 11.5 Å². The third-order valence-electron chi connectivity index (χ3n) is 5.20. The highest BCUT2D eigenvalue weighted by Gasteiger charge is 2.23. The number of methoxy groups -OCH3 is 1. The Bertz CT molecular complexity index is 851. The van der Waals surface area contributed by atoms with E-state index in [9.17, 15) is 9.18 Å². The molecular formula is C24H31FN2O4. The fraction of sp³-hybridized carbons (Fsp3) is 0.458. The van der Waals surface area contributed by atoms with Gasteiger partial charge in [0.1, 0.15) is 5.82 Å². The molecule has 1 unspecified atom stereocenters. The van der Waals surface area contributed by atoms with Gasteiger partial charge in [0.05, 0.1) is 33.0 Å². The number of carbonyl (C=O) groups is 1. The molecule has 0 radical (unpaired) electrons. The molecule has 0 aromatic heterocycles. The van der Waals surface area contributed by atoms with Gasteiger partial charge in [-0.15, -0.1) is 0 Å². The molecular weight excluding hydrogens is 399 g/mol. The predicted molar refractivity (Wildman–Crippen MR) is 117 cm³/mol. The number of hydrogen-bond donors (Lipinski definition) is 1. The minimum Gasteiger partial charge on any atom is -0.493 e. The van der Waals surface area contributed by atoms with E-state index < -0.39 is 0 Å². The zero-order valence-electron chi connectivity index (χ0n) is 18.4. The van der Waals surface area contributed by atoms with E-state index in [1.807, 2.05) is 0 Å². The summed E-state index contributed by atoms with van der Waals surface area (Å²) in [5, 5.41) is 3.02. The van der Waals surface area contributed by atoms with Crippen LogP contribution >= 0.6 is 0 Å². The summed E-state index contributed by atoms with van der Waals surface area (Å²) < 4.78 is 30.0. The van der Waals surface area contributed by atoms with Crippen LogP contribution in [0.25, 0.3) is 0 Å². The van der Waals surface area contributed by atoms with Crippen LogP contribution in [0, 0.1) is 11.7 Å². The maximum absolute atomic E-state index is 13.4. The Labute approximate surface area is 183 Å². The van der Waals surface area contributed by atoms with Crippen LogP contribution < -0.4 is 14.8 Å². The van der Waals surface area contributed by atoms with Gasteiger partial charge in [0.2, 0.25) is 0 Å². The smallest absolute Gasteiger partial charge is 0.251 e. The first-order valence-electron chi connectivity index (χ1n) is 10.6. The molecule has 7 heteroatoms. The van der Waals surface area contributed by atoms with E-state index in [4.69, 9.17) is 14.2 Å². The quantitative estimate of drug-likeness (QED) is 0.658. The molecule has 1 fully saturated rings. The Morgan fingerprint density at radius 1 is 1.13 bits per heavy atom. The number of nitrogens with one attached hydrogen (secondary N) is 1. The lowest BCUT2D eigenvalue weighted by atomic mass is 10.0. The number of morpholine rings is 1. The zero-order valence-corrected chi connectivity index (χ0v) is 18.4. The molecule has 1 saturated heterocycles. The summed E-state index contributed by atoms with van der Waals surface area (Å²) in [5.74, 6) is 1.05. The van der Waals surface area contributed by atoms with Crippen LogP contribution in [0.2, 0.25) is 0 Å². The Kier molecular flexibility index (Phi) is 8.26. The fourth-order valence-electron chi connectivity index (χ4n) is 3.51. The molecule has 0 aliphatic carbocycles.